The van der Waals surface area contributed by atoms with Crippen molar-refractivity contribution >= 4 is 5.91 Å². The number of hydrogen-bond donors (Lipinski definition) is 2. The van der Waals surface area contributed by atoms with E-state index < -0.39 is 0 Å². The lowest BCUT2D eigenvalue weighted by Crippen LogP contribution is -2.45. The van der Waals surface area contributed by atoms with Gasteiger partial charge in [0, 0.05) is 37.8 Å². The molecule has 20 heavy (non-hydrogen) atoms. The van der Waals surface area contributed by atoms with Crippen LogP contribution in [0.25, 0.3) is 0 Å². The molecule has 0 aromatic carbocycles. The molecule has 1 aromatic rings. The van der Waals surface area contributed by atoms with Gasteiger partial charge in [0.1, 0.15) is 0 Å². The number of carbonyl (C=O) groups excluding carboxylic acids is 1. The van der Waals surface area contributed by atoms with E-state index in [-0.39, 0.29) is 11.9 Å². The highest BCUT2D eigenvalue weighted by Gasteiger charge is 2.36. The number of fused-ring (bicyclic) bond motifs is 1. The number of carbonyl (C=O) groups is 1. The topological polar surface area (TPSA) is 70.2 Å². The fourth-order valence-corrected chi connectivity index (χ4v) is 3.12. The van der Waals surface area contributed by atoms with Crippen LogP contribution in [-0.2, 0) is 16.0 Å². The van der Waals surface area contributed by atoms with Gasteiger partial charge >= 0.3 is 0 Å². The first-order chi connectivity index (χ1) is 9.70. The zero-order chi connectivity index (χ0) is 13.9. The zero-order valence-corrected chi connectivity index (χ0v) is 11.8. The van der Waals surface area contributed by atoms with E-state index in [0.717, 1.165) is 38.1 Å². The predicted octanol–water partition coefficient (Wildman–Crippen LogP) is 0.320. The van der Waals surface area contributed by atoms with Gasteiger partial charge in [-0.1, -0.05) is 0 Å². The third-order valence-corrected chi connectivity index (χ3v) is 4.15. The van der Waals surface area contributed by atoms with Gasteiger partial charge in [0.05, 0.1) is 18.9 Å². The van der Waals surface area contributed by atoms with Crippen molar-refractivity contribution < 1.29 is 9.53 Å². The molecule has 1 amide bonds. The minimum absolute atomic E-state index is 0.130. The van der Waals surface area contributed by atoms with Crippen LogP contribution in [0, 0.1) is 0 Å². The fourth-order valence-electron chi connectivity index (χ4n) is 3.12. The SMILES string of the molecule is C[C@H]1CN2C[C@H](NC(=O)CCc3cn[nH]c3)C[C@H]2CO1. The molecule has 3 heterocycles. The Morgan fingerprint density at radius 3 is 3.30 bits per heavy atom. The van der Waals surface area contributed by atoms with Gasteiger partial charge in [0.15, 0.2) is 0 Å². The van der Waals surface area contributed by atoms with Gasteiger partial charge in [-0.2, -0.15) is 5.10 Å². The van der Waals surface area contributed by atoms with Crippen molar-refractivity contribution in [1.82, 2.24) is 20.4 Å². The van der Waals surface area contributed by atoms with E-state index in [9.17, 15) is 4.79 Å². The van der Waals surface area contributed by atoms with Crippen molar-refractivity contribution in [3.63, 3.8) is 0 Å². The van der Waals surface area contributed by atoms with Crippen LogP contribution in [0.4, 0.5) is 0 Å². The molecule has 0 saturated carbocycles. The van der Waals surface area contributed by atoms with Crippen molar-refractivity contribution in [2.24, 2.45) is 0 Å². The van der Waals surface area contributed by atoms with Crippen molar-refractivity contribution in [2.75, 3.05) is 19.7 Å². The second-order valence-electron chi connectivity index (χ2n) is 5.86. The summed E-state index contributed by atoms with van der Waals surface area (Å²) in [5, 5.41) is 9.79. The summed E-state index contributed by atoms with van der Waals surface area (Å²) in [5.74, 6) is 0.130. The van der Waals surface area contributed by atoms with Gasteiger partial charge in [-0.15, -0.1) is 0 Å². The van der Waals surface area contributed by atoms with E-state index in [1.54, 1.807) is 6.20 Å². The van der Waals surface area contributed by atoms with Crippen molar-refractivity contribution in [1.29, 1.82) is 0 Å². The van der Waals surface area contributed by atoms with Crippen LogP contribution in [0.5, 0.6) is 0 Å². The van der Waals surface area contributed by atoms with E-state index >= 15 is 0 Å². The normalized spacial score (nSPS) is 30.1. The summed E-state index contributed by atoms with van der Waals surface area (Å²) in [5.41, 5.74) is 1.08. The lowest BCUT2D eigenvalue weighted by Gasteiger charge is -2.33. The van der Waals surface area contributed by atoms with Gasteiger partial charge in [0.25, 0.3) is 0 Å². The number of H-pyrrole nitrogens is 1. The summed E-state index contributed by atoms with van der Waals surface area (Å²) in [6.07, 6.45) is 6.17. The standard InChI is InChI=1S/C14H22N4O2/c1-10-7-18-8-12(4-13(18)9-20-10)17-14(19)3-2-11-5-15-16-6-11/h5-6,10,12-13H,2-4,7-9H2,1H3,(H,15,16)(H,17,19)/t10-,12+,13-/m0/s1. The minimum atomic E-state index is 0.130. The molecule has 6 heteroatoms. The average molecular weight is 278 g/mol. The number of ether oxygens (including phenoxy) is 1. The van der Waals surface area contributed by atoms with Gasteiger partial charge in [-0.05, 0) is 25.3 Å². The molecule has 0 bridgehead atoms. The number of morpholine rings is 1. The molecule has 0 aliphatic carbocycles. The second-order valence-corrected chi connectivity index (χ2v) is 5.86. The van der Waals surface area contributed by atoms with Crippen molar-refractivity contribution in [3.8, 4) is 0 Å². The van der Waals surface area contributed by atoms with Crippen LogP contribution in [0.1, 0.15) is 25.3 Å². The number of hydrogen-bond acceptors (Lipinski definition) is 4. The maximum atomic E-state index is 12.0. The van der Waals surface area contributed by atoms with Crippen LogP contribution < -0.4 is 5.32 Å². The Hall–Kier alpha value is -1.40. The molecule has 2 fully saturated rings. The second kappa shape index (κ2) is 5.93. The monoisotopic (exact) mass is 278 g/mol. The highest BCUT2D eigenvalue weighted by atomic mass is 16.5. The quantitative estimate of drug-likeness (QED) is 0.832. The Balaban J connectivity index is 1.43. The summed E-state index contributed by atoms with van der Waals surface area (Å²) >= 11 is 0. The molecule has 6 nitrogen and oxygen atoms in total. The Bertz CT molecular complexity index is 448. The van der Waals surface area contributed by atoms with Gasteiger partial charge in [0.2, 0.25) is 5.91 Å². The molecule has 2 aliphatic rings. The first-order valence-corrected chi connectivity index (χ1v) is 7.33. The number of aromatic amines is 1. The summed E-state index contributed by atoms with van der Waals surface area (Å²) in [6.45, 7) is 4.83. The van der Waals surface area contributed by atoms with Crippen molar-refractivity contribution in [3.05, 3.63) is 18.0 Å². The largest absolute Gasteiger partial charge is 0.376 e. The Labute approximate surface area is 118 Å². The van der Waals surface area contributed by atoms with Crippen molar-refractivity contribution in [2.45, 2.75) is 44.4 Å². The first-order valence-electron chi connectivity index (χ1n) is 7.33. The molecular weight excluding hydrogens is 256 g/mol. The molecule has 2 aliphatic heterocycles. The third-order valence-electron chi connectivity index (χ3n) is 4.15. The zero-order valence-electron chi connectivity index (χ0n) is 11.8. The van der Waals surface area contributed by atoms with E-state index in [1.807, 2.05) is 6.20 Å². The van der Waals surface area contributed by atoms with E-state index in [1.165, 1.54) is 0 Å². The molecule has 2 saturated heterocycles. The molecule has 3 atom stereocenters. The number of nitrogens with one attached hydrogen (secondary N) is 2. The number of amides is 1. The Kier molecular flexibility index (Phi) is 4.03. The summed E-state index contributed by atoms with van der Waals surface area (Å²) in [7, 11) is 0. The summed E-state index contributed by atoms with van der Waals surface area (Å²) in [6, 6.07) is 0.746. The van der Waals surface area contributed by atoms with Crippen LogP contribution in [-0.4, -0.2) is 58.9 Å². The molecule has 110 valence electrons. The highest BCUT2D eigenvalue weighted by Crippen LogP contribution is 2.23. The smallest absolute Gasteiger partial charge is 0.220 e. The van der Waals surface area contributed by atoms with Gasteiger partial charge in [-0.25, -0.2) is 0 Å². The van der Waals surface area contributed by atoms with Gasteiger partial charge < -0.3 is 10.1 Å². The average Bonchev–Trinajstić information content (AvgIpc) is 3.04. The molecule has 2 N–H and O–H groups in total. The number of aryl methyl sites for hydroxylation is 1. The van der Waals surface area contributed by atoms with Gasteiger partial charge in [-0.3, -0.25) is 14.8 Å². The van der Waals surface area contributed by atoms with Crippen LogP contribution in [0.3, 0.4) is 0 Å². The van der Waals surface area contributed by atoms with Crippen LogP contribution in [0.2, 0.25) is 0 Å². The molecular formula is C14H22N4O2. The van der Waals surface area contributed by atoms with Crippen LogP contribution in [0.15, 0.2) is 12.4 Å². The highest BCUT2D eigenvalue weighted by molar-refractivity contribution is 5.76. The number of nitrogens with zero attached hydrogens (tertiary/aromatic N) is 2. The fraction of sp³-hybridized carbons (Fsp3) is 0.714. The minimum Gasteiger partial charge on any atom is -0.376 e. The summed E-state index contributed by atoms with van der Waals surface area (Å²) in [4.78, 5) is 14.4. The molecule has 0 radical (unpaired) electrons. The lowest BCUT2D eigenvalue weighted by atomic mass is 10.1. The van der Waals surface area contributed by atoms with E-state index in [2.05, 4.69) is 27.3 Å². The lowest BCUT2D eigenvalue weighted by molar-refractivity contribution is -0.121. The molecule has 0 unspecified atom stereocenters. The van der Waals surface area contributed by atoms with Crippen LogP contribution >= 0.6 is 0 Å². The first kappa shape index (κ1) is 13.6. The number of aromatic nitrogens is 2. The summed E-state index contributed by atoms with van der Waals surface area (Å²) < 4.78 is 5.68. The number of rotatable bonds is 4. The Morgan fingerprint density at radius 1 is 1.60 bits per heavy atom. The molecule has 1 aromatic heterocycles. The molecule has 3 rings (SSSR count). The predicted molar refractivity (Wildman–Crippen MR) is 74.2 cm³/mol. The van der Waals surface area contributed by atoms with E-state index in [0.29, 0.717) is 18.6 Å². The maximum absolute atomic E-state index is 12.0. The van der Waals surface area contributed by atoms with E-state index in [4.69, 9.17) is 4.74 Å². The molecule has 0 spiro atoms. The maximum Gasteiger partial charge on any atom is 0.220 e. The Morgan fingerprint density at radius 2 is 2.50 bits per heavy atom. The third kappa shape index (κ3) is 3.19.